The number of aromatic nitrogens is 1. The summed E-state index contributed by atoms with van der Waals surface area (Å²) in [6.45, 7) is 5.72. The quantitative estimate of drug-likeness (QED) is 0.180. The van der Waals surface area contributed by atoms with Crippen molar-refractivity contribution in [2.75, 3.05) is 34.5 Å². The maximum absolute atomic E-state index is 14.1. The van der Waals surface area contributed by atoms with Gasteiger partial charge in [-0.15, -0.1) is 0 Å². The highest BCUT2D eigenvalue weighted by Crippen LogP contribution is 2.41. The van der Waals surface area contributed by atoms with Gasteiger partial charge in [-0.2, -0.15) is 0 Å². The van der Waals surface area contributed by atoms with E-state index in [1.165, 1.54) is 44.1 Å². The van der Waals surface area contributed by atoms with Gasteiger partial charge in [-0.25, -0.2) is 9.79 Å². The number of esters is 1. The molecule has 12 nitrogen and oxygen atoms in total. The van der Waals surface area contributed by atoms with Gasteiger partial charge in [0.05, 0.1) is 67.4 Å². The number of hydrogen-bond acceptors (Lipinski definition) is 11. The second-order valence-corrected chi connectivity index (χ2v) is 10.7. The van der Waals surface area contributed by atoms with Gasteiger partial charge in [0.25, 0.3) is 11.2 Å². The topological polar surface area (TPSA) is 141 Å². The highest BCUT2D eigenvalue weighted by atomic mass is 79.9. The van der Waals surface area contributed by atoms with Gasteiger partial charge in [-0.05, 0) is 44.5 Å². The number of nitro benzene ring substituents is 1. The largest absolute Gasteiger partial charge is 0.493 e. The molecule has 1 aromatic heterocycles. The number of halogens is 1. The van der Waals surface area contributed by atoms with Crippen molar-refractivity contribution in [1.82, 2.24) is 4.57 Å². The van der Waals surface area contributed by atoms with E-state index < -0.39 is 22.5 Å². The summed E-state index contributed by atoms with van der Waals surface area (Å²) in [5, 5.41) is 11.6. The first-order valence-corrected chi connectivity index (χ1v) is 14.3. The highest BCUT2D eigenvalue weighted by Gasteiger charge is 2.35. The van der Waals surface area contributed by atoms with Crippen molar-refractivity contribution in [3.63, 3.8) is 0 Å². The van der Waals surface area contributed by atoms with Crippen molar-refractivity contribution in [2.24, 2.45) is 4.99 Å². The van der Waals surface area contributed by atoms with Gasteiger partial charge < -0.3 is 23.7 Å². The number of nitro groups is 1. The minimum Gasteiger partial charge on any atom is -0.493 e. The normalized spacial score (nSPS) is 14.6. The Morgan fingerprint density at radius 3 is 2.40 bits per heavy atom. The zero-order valence-electron chi connectivity index (χ0n) is 23.7. The van der Waals surface area contributed by atoms with E-state index in [4.69, 9.17) is 23.7 Å². The lowest BCUT2D eigenvalue weighted by atomic mass is 9.95. The van der Waals surface area contributed by atoms with Crippen LogP contribution in [0.25, 0.3) is 6.08 Å². The second-order valence-electron chi connectivity index (χ2n) is 8.79. The SMILES string of the molecule is CCOC(=O)C1=C(C)N=c2s/c(=C\c3cc([N+](=O)[O-])cc(OC)c3OC)c(=O)n2[C@H]1c1cc(OC)c(OCC)cc1Br. The molecule has 2 heterocycles. The lowest BCUT2D eigenvalue weighted by Gasteiger charge is -2.26. The molecule has 1 aliphatic heterocycles. The van der Waals surface area contributed by atoms with E-state index in [1.807, 2.05) is 6.92 Å². The Morgan fingerprint density at radius 2 is 1.81 bits per heavy atom. The molecule has 0 unspecified atom stereocenters. The molecule has 0 spiro atoms. The number of nitrogens with zero attached hydrogens (tertiary/aromatic N) is 3. The summed E-state index contributed by atoms with van der Waals surface area (Å²) in [6, 6.07) is 5.00. The Bertz CT molecular complexity index is 1780. The fourth-order valence-corrected chi connectivity index (χ4v) is 6.18. The van der Waals surface area contributed by atoms with Crippen molar-refractivity contribution < 1.29 is 33.4 Å². The van der Waals surface area contributed by atoms with Crippen LogP contribution in [0.5, 0.6) is 23.0 Å². The average Bonchev–Trinajstić information content (AvgIpc) is 3.26. The fourth-order valence-electron chi connectivity index (χ4n) is 4.61. The molecule has 0 bridgehead atoms. The zero-order valence-corrected chi connectivity index (χ0v) is 26.1. The molecule has 1 atom stereocenters. The predicted octanol–water partition coefficient (Wildman–Crippen LogP) is 3.89. The monoisotopic (exact) mass is 661 g/mol. The van der Waals surface area contributed by atoms with Gasteiger partial charge in [-0.1, -0.05) is 27.3 Å². The smallest absolute Gasteiger partial charge is 0.338 e. The summed E-state index contributed by atoms with van der Waals surface area (Å²) in [4.78, 5) is 43.3. The summed E-state index contributed by atoms with van der Waals surface area (Å²) in [6.07, 6.45) is 1.48. The first-order valence-electron chi connectivity index (χ1n) is 12.7. The van der Waals surface area contributed by atoms with Gasteiger partial charge in [0.1, 0.15) is 0 Å². The van der Waals surface area contributed by atoms with Gasteiger partial charge >= 0.3 is 5.97 Å². The van der Waals surface area contributed by atoms with Crippen LogP contribution >= 0.6 is 27.3 Å². The summed E-state index contributed by atoms with van der Waals surface area (Å²) in [5.41, 5.74) is 0.629. The molecule has 4 rings (SSSR count). The molecule has 0 radical (unpaired) electrons. The molecule has 0 saturated heterocycles. The Hall–Kier alpha value is -4.17. The summed E-state index contributed by atoms with van der Waals surface area (Å²) >= 11 is 4.65. The molecule has 1 aliphatic rings. The fraction of sp³-hybridized carbons (Fsp3) is 0.321. The minimum absolute atomic E-state index is 0.120. The molecule has 0 aliphatic carbocycles. The number of non-ortho nitro benzene ring substituents is 1. The molecule has 222 valence electrons. The molecule has 0 amide bonds. The van der Waals surface area contributed by atoms with Crippen molar-refractivity contribution in [2.45, 2.75) is 26.8 Å². The Labute approximate surface area is 252 Å². The molecule has 0 N–H and O–H groups in total. The molecule has 2 aromatic carbocycles. The summed E-state index contributed by atoms with van der Waals surface area (Å²) in [7, 11) is 4.26. The van der Waals surface area contributed by atoms with E-state index in [0.29, 0.717) is 38.6 Å². The van der Waals surface area contributed by atoms with E-state index in [-0.39, 0.29) is 39.5 Å². The number of benzene rings is 2. The Balaban J connectivity index is 2.04. The first-order chi connectivity index (χ1) is 20.1. The van der Waals surface area contributed by atoms with Crippen LogP contribution in [0.4, 0.5) is 5.69 Å². The van der Waals surface area contributed by atoms with Crippen LogP contribution in [0.15, 0.2) is 49.8 Å². The van der Waals surface area contributed by atoms with Gasteiger partial charge in [0.15, 0.2) is 27.8 Å². The van der Waals surface area contributed by atoms with E-state index in [9.17, 15) is 19.7 Å². The van der Waals surface area contributed by atoms with E-state index in [1.54, 1.807) is 26.0 Å². The number of ether oxygens (including phenoxy) is 5. The van der Waals surface area contributed by atoms with Crippen LogP contribution in [-0.2, 0) is 9.53 Å². The molecule has 0 saturated carbocycles. The van der Waals surface area contributed by atoms with Crippen LogP contribution in [0, 0.1) is 10.1 Å². The third-order valence-electron chi connectivity index (χ3n) is 6.38. The van der Waals surface area contributed by atoms with Crippen LogP contribution in [0.3, 0.4) is 0 Å². The van der Waals surface area contributed by atoms with Gasteiger partial charge in [-0.3, -0.25) is 19.5 Å². The number of hydrogen-bond donors (Lipinski definition) is 0. The lowest BCUT2D eigenvalue weighted by molar-refractivity contribution is -0.385. The maximum atomic E-state index is 14.1. The van der Waals surface area contributed by atoms with Crippen molar-refractivity contribution in [3.05, 3.63) is 80.9 Å². The maximum Gasteiger partial charge on any atom is 0.338 e. The van der Waals surface area contributed by atoms with Crippen molar-refractivity contribution in [1.29, 1.82) is 0 Å². The Morgan fingerprint density at radius 1 is 1.10 bits per heavy atom. The average molecular weight is 663 g/mol. The molecule has 3 aromatic rings. The number of carbonyl (C=O) groups excluding carboxylic acids is 1. The van der Waals surface area contributed by atoms with Crippen LogP contribution in [-0.4, -0.2) is 50.0 Å². The summed E-state index contributed by atoms with van der Waals surface area (Å²) in [5.74, 6) is 0.613. The standard InChI is InChI=1S/C28H28BrN3O9S/c1-7-40-20-13-18(29)17(12-19(20)37-4)24-23(27(34)41-8-2)14(3)30-28-31(24)26(33)22(42-28)10-15-9-16(32(35)36)11-21(38-5)25(15)39-6/h9-13,24H,7-8H2,1-6H3/b22-10-/t24-/m0/s1. The lowest BCUT2D eigenvalue weighted by Crippen LogP contribution is -2.40. The zero-order chi connectivity index (χ0) is 30.7. The van der Waals surface area contributed by atoms with Crippen LogP contribution in [0.1, 0.15) is 37.9 Å². The van der Waals surface area contributed by atoms with E-state index in [0.717, 1.165) is 11.3 Å². The van der Waals surface area contributed by atoms with E-state index in [2.05, 4.69) is 20.9 Å². The molecule has 14 heteroatoms. The van der Waals surface area contributed by atoms with Crippen LogP contribution in [0.2, 0.25) is 0 Å². The number of methoxy groups -OCH3 is 3. The van der Waals surface area contributed by atoms with Gasteiger partial charge in [0, 0.05) is 16.1 Å². The first kappa shape index (κ1) is 30.8. The van der Waals surface area contributed by atoms with Crippen LogP contribution < -0.4 is 33.8 Å². The third-order valence-corrected chi connectivity index (χ3v) is 8.05. The van der Waals surface area contributed by atoms with E-state index >= 15 is 0 Å². The second kappa shape index (κ2) is 12.8. The predicted molar refractivity (Wildman–Crippen MR) is 158 cm³/mol. The highest BCUT2D eigenvalue weighted by molar-refractivity contribution is 9.10. The van der Waals surface area contributed by atoms with Crippen molar-refractivity contribution in [3.8, 4) is 23.0 Å². The van der Waals surface area contributed by atoms with Gasteiger partial charge in [0.2, 0.25) is 0 Å². The van der Waals surface area contributed by atoms with Crippen molar-refractivity contribution >= 4 is 45.0 Å². The summed E-state index contributed by atoms with van der Waals surface area (Å²) < 4.78 is 29.6. The molecular weight excluding hydrogens is 634 g/mol. The Kier molecular flexibility index (Phi) is 9.36. The molecule has 42 heavy (non-hydrogen) atoms. The molecule has 0 fully saturated rings. The number of allylic oxidation sites excluding steroid dienone is 1. The molecular formula is C28H28BrN3O9S. The number of thiazole rings is 1. The number of rotatable bonds is 10. The third kappa shape index (κ3) is 5.63. The number of carbonyl (C=O) groups is 1. The number of fused-ring (bicyclic) bond motifs is 1. The minimum atomic E-state index is -0.942.